The highest BCUT2D eigenvalue weighted by atomic mass is 127. The van der Waals surface area contributed by atoms with Crippen LogP contribution in [0.1, 0.15) is 11.1 Å². The van der Waals surface area contributed by atoms with Crippen molar-refractivity contribution in [3.05, 3.63) is 80.5 Å². The zero-order chi connectivity index (χ0) is 17.8. The van der Waals surface area contributed by atoms with E-state index < -0.39 is 5.97 Å². The number of nitrogens with zero attached hydrogens (tertiary/aromatic N) is 1. The van der Waals surface area contributed by atoms with Gasteiger partial charge < -0.3 is 9.47 Å². The highest BCUT2D eigenvalue weighted by Crippen LogP contribution is 2.27. The molecule has 126 valence electrons. The number of benzene rings is 2. The van der Waals surface area contributed by atoms with E-state index in [0.29, 0.717) is 22.9 Å². The van der Waals surface area contributed by atoms with E-state index in [2.05, 4.69) is 34.2 Å². The molecular formula is C19H13ClINO3. The van der Waals surface area contributed by atoms with Crippen molar-refractivity contribution < 1.29 is 14.3 Å². The van der Waals surface area contributed by atoms with E-state index in [1.54, 1.807) is 18.2 Å². The second-order valence-corrected chi connectivity index (χ2v) is 6.75. The first kappa shape index (κ1) is 17.7. The fourth-order valence-electron chi connectivity index (χ4n) is 2.21. The van der Waals surface area contributed by atoms with Gasteiger partial charge in [0.15, 0.2) is 5.70 Å². The summed E-state index contributed by atoms with van der Waals surface area (Å²) in [5.74, 6) is 0.311. The van der Waals surface area contributed by atoms with Crippen LogP contribution in [-0.2, 0) is 9.53 Å². The van der Waals surface area contributed by atoms with Crippen LogP contribution in [-0.4, -0.2) is 18.5 Å². The van der Waals surface area contributed by atoms with Crippen LogP contribution in [0.5, 0.6) is 5.75 Å². The monoisotopic (exact) mass is 465 g/mol. The molecule has 0 atom stereocenters. The first-order chi connectivity index (χ1) is 12.1. The van der Waals surface area contributed by atoms with Gasteiger partial charge in [-0.2, -0.15) is 0 Å². The van der Waals surface area contributed by atoms with Crippen molar-refractivity contribution in [1.82, 2.24) is 0 Å². The molecule has 0 saturated heterocycles. The summed E-state index contributed by atoms with van der Waals surface area (Å²) < 4.78 is 11.8. The summed E-state index contributed by atoms with van der Waals surface area (Å²) >= 11 is 8.35. The molecule has 0 N–H and O–H groups in total. The van der Waals surface area contributed by atoms with E-state index in [4.69, 9.17) is 21.1 Å². The third-order valence-electron chi connectivity index (χ3n) is 3.35. The van der Waals surface area contributed by atoms with Crippen LogP contribution in [0.4, 0.5) is 0 Å². The van der Waals surface area contributed by atoms with Gasteiger partial charge >= 0.3 is 5.97 Å². The van der Waals surface area contributed by atoms with Crippen molar-refractivity contribution in [3.8, 4) is 5.75 Å². The Balaban J connectivity index is 1.97. The lowest BCUT2D eigenvalue weighted by Gasteiger charge is -2.06. The van der Waals surface area contributed by atoms with Gasteiger partial charge in [-0.25, -0.2) is 9.79 Å². The number of carbonyl (C=O) groups is 1. The topological polar surface area (TPSA) is 47.9 Å². The minimum atomic E-state index is -0.525. The molecule has 0 radical (unpaired) electrons. The van der Waals surface area contributed by atoms with Gasteiger partial charge in [-0.1, -0.05) is 42.5 Å². The molecular weight excluding hydrogens is 453 g/mol. The maximum absolute atomic E-state index is 12.2. The number of carbonyl (C=O) groups excluding carboxylic acids is 1. The summed E-state index contributed by atoms with van der Waals surface area (Å²) in [6.07, 6.45) is 3.29. The minimum absolute atomic E-state index is 0.194. The van der Waals surface area contributed by atoms with Crippen LogP contribution >= 0.6 is 34.2 Å². The first-order valence-corrected chi connectivity index (χ1v) is 8.85. The number of hydrogen-bond acceptors (Lipinski definition) is 4. The summed E-state index contributed by atoms with van der Waals surface area (Å²) in [6.45, 7) is 4.00. The van der Waals surface area contributed by atoms with Crippen LogP contribution in [0.3, 0.4) is 0 Å². The number of ether oxygens (including phenoxy) is 2. The van der Waals surface area contributed by atoms with E-state index in [1.807, 2.05) is 36.4 Å². The van der Waals surface area contributed by atoms with Gasteiger partial charge in [-0.05, 0) is 52.9 Å². The quantitative estimate of drug-likeness (QED) is 0.274. The third-order valence-corrected chi connectivity index (χ3v) is 4.35. The molecule has 3 rings (SSSR count). The van der Waals surface area contributed by atoms with Crippen molar-refractivity contribution in [3.63, 3.8) is 0 Å². The van der Waals surface area contributed by atoms with Crippen molar-refractivity contribution in [2.24, 2.45) is 4.99 Å². The highest BCUT2D eigenvalue weighted by molar-refractivity contribution is 14.1. The summed E-state index contributed by atoms with van der Waals surface area (Å²) in [4.78, 5) is 16.5. The van der Waals surface area contributed by atoms with Crippen molar-refractivity contribution in [2.75, 3.05) is 6.61 Å². The van der Waals surface area contributed by atoms with Crippen LogP contribution in [0, 0.1) is 3.57 Å². The molecule has 0 aromatic heterocycles. The van der Waals surface area contributed by atoms with Crippen molar-refractivity contribution in [2.45, 2.75) is 0 Å². The Morgan fingerprint density at radius 2 is 2.08 bits per heavy atom. The Hall–Kier alpha value is -2.12. The van der Waals surface area contributed by atoms with E-state index in [0.717, 1.165) is 9.13 Å². The van der Waals surface area contributed by atoms with Crippen LogP contribution in [0.15, 0.2) is 65.8 Å². The highest BCUT2D eigenvalue weighted by Gasteiger charge is 2.26. The number of hydrogen-bond donors (Lipinski definition) is 0. The minimum Gasteiger partial charge on any atom is -0.489 e. The Morgan fingerprint density at radius 1 is 1.28 bits per heavy atom. The van der Waals surface area contributed by atoms with Gasteiger partial charge in [-0.3, -0.25) is 0 Å². The maximum atomic E-state index is 12.2. The summed E-state index contributed by atoms with van der Waals surface area (Å²) in [5, 5.41) is 0.475. The number of aliphatic imine (C=N–C) groups is 1. The van der Waals surface area contributed by atoms with Crippen molar-refractivity contribution >= 4 is 52.1 Å². The van der Waals surface area contributed by atoms with E-state index >= 15 is 0 Å². The Labute approximate surface area is 164 Å². The van der Waals surface area contributed by atoms with Gasteiger partial charge in [0.05, 0.1) is 10.6 Å². The fraction of sp³-hybridized carbons (Fsp3) is 0.0526. The second-order valence-electron chi connectivity index (χ2n) is 5.10. The fourth-order valence-corrected chi connectivity index (χ4v) is 2.90. The van der Waals surface area contributed by atoms with Gasteiger partial charge in [0.2, 0.25) is 5.90 Å². The van der Waals surface area contributed by atoms with E-state index in [9.17, 15) is 4.79 Å². The molecule has 25 heavy (non-hydrogen) atoms. The number of cyclic esters (lactones) is 1. The van der Waals surface area contributed by atoms with Gasteiger partial charge in [-0.15, -0.1) is 0 Å². The third kappa shape index (κ3) is 4.11. The molecule has 1 aliphatic heterocycles. The predicted molar refractivity (Wildman–Crippen MR) is 107 cm³/mol. The normalized spacial score (nSPS) is 15.0. The Bertz CT molecular complexity index is 905. The number of halogens is 2. The number of esters is 1. The predicted octanol–water partition coefficient (Wildman–Crippen LogP) is 4.85. The lowest BCUT2D eigenvalue weighted by Crippen LogP contribution is -2.06. The zero-order valence-electron chi connectivity index (χ0n) is 13.0. The molecule has 2 aromatic rings. The van der Waals surface area contributed by atoms with Crippen LogP contribution in [0.2, 0.25) is 5.02 Å². The summed E-state index contributed by atoms with van der Waals surface area (Å²) in [7, 11) is 0. The molecule has 1 heterocycles. The lowest BCUT2D eigenvalue weighted by molar-refractivity contribution is -0.129. The molecule has 1 aliphatic rings. The average Bonchev–Trinajstić information content (AvgIpc) is 2.97. The Morgan fingerprint density at radius 3 is 2.88 bits per heavy atom. The molecule has 2 aromatic carbocycles. The molecule has 0 spiro atoms. The van der Waals surface area contributed by atoms with Crippen LogP contribution in [0.25, 0.3) is 6.08 Å². The van der Waals surface area contributed by atoms with E-state index in [-0.39, 0.29) is 11.6 Å². The average molecular weight is 466 g/mol. The summed E-state index contributed by atoms with van der Waals surface area (Å²) in [5.41, 5.74) is 1.51. The first-order valence-electron chi connectivity index (χ1n) is 7.39. The van der Waals surface area contributed by atoms with Gasteiger partial charge in [0, 0.05) is 9.13 Å². The molecule has 0 fully saturated rings. The van der Waals surface area contributed by atoms with Gasteiger partial charge in [0.25, 0.3) is 0 Å². The van der Waals surface area contributed by atoms with Crippen molar-refractivity contribution in [1.29, 1.82) is 0 Å². The smallest absolute Gasteiger partial charge is 0.363 e. The largest absolute Gasteiger partial charge is 0.489 e. The molecule has 0 unspecified atom stereocenters. The van der Waals surface area contributed by atoms with Crippen LogP contribution < -0.4 is 4.74 Å². The second kappa shape index (κ2) is 7.84. The molecule has 4 nitrogen and oxygen atoms in total. The number of rotatable bonds is 5. The molecule has 0 bridgehead atoms. The van der Waals surface area contributed by atoms with Gasteiger partial charge in [0.1, 0.15) is 12.4 Å². The molecule has 0 amide bonds. The standard InChI is InChI=1S/C19H13ClINO3/c1-2-9-24-17-6-4-3-5-12(17)10-16-19(23)25-18(22-16)14-11-13(21)7-8-15(14)20/h2-8,10-11H,1,9H2/b16-10+. The number of para-hydroxylation sites is 1. The summed E-state index contributed by atoms with van der Waals surface area (Å²) in [6, 6.07) is 12.8. The molecule has 0 saturated carbocycles. The van der Waals surface area contributed by atoms with E-state index in [1.165, 1.54) is 0 Å². The maximum Gasteiger partial charge on any atom is 0.363 e. The lowest BCUT2D eigenvalue weighted by atomic mass is 10.1. The molecule has 6 heteroatoms. The SMILES string of the molecule is C=CCOc1ccccc1/C=C1/N=C(c2cc(I)ccc2Cl)OC1=O. The Kier molecular flexibility index (Phi) is 5.55. The zero-order valence-corrected chi connectivity index (χ0v) is 16.0. The molecule has 0 aliphatic carbocycles.